The predicted molar refractivity (Wildman–Crippen MR) is 76.5 cm³/mol. The minimum absolute atomic E-state index is 0.104. The highest BCUT2D eigenvalue weighted by Crippen LogP contribution is 2.29. The van der Waals surface area contributed by atoms with E-state index in [9.17, 15) is 0 Å². The zero-order valence-corrected chi connectivity index (χ0v) is 12.8. The minimum Gasteiger partial charge on any atom is -0.493 e. The lowest BCUT2D eigenvalue weighted by Crippen LogP contribution is -2.35. The van der Waals surface area contributed by atoms with Crippen LogP contribution in [0.3, 0.4) is 0 Å². The average Bonchev–Trinajstić information content (AvgIpc) is 2.79. The molecule has 0 radical (unpaired) electrons. The highest BCUT2D eigenvalue weighted by molar-refractivity contribution is 5.29. The van der Waals surface area contributed by atoms with E-state index in [1.165, 1.54) is 0 Å². The zero-order chi connectivity index (χ0) is 14.3. The molecule has 0 fully saturated rings. The van der Waals surface area contributed by atoms with Crippen molar-refractivity contribution in [1.82, 2.24) is 15.1 Å². The summed E-state index contributed by atoms with van der Waals surface area (Å²) in [4.78, 5) is 0. The molecule has 1 rings (SSSR count). The average molecular weight is 269 g/mol. The quantitative estimate of drug-likeness (QED) is 0.747. The monoisotopic (exact) mass is 269 g/mol. The van der Waals surface area contributed by atoms with Gasteiger partial charge in [-0.2, -0.15) is 5.10 Å². The molecule has 1 heterocycles. The van der Waals surface area contributed by atoms with Crippen LogP contribution in [0.4, 0.5) is 0 Å². The van der Waals surface area contributed by atoms with E-state index in [1.54, 1.807) is 20.4 Å². The lowest BCUT2D eigenvalue weighted by molar-refractivity contribution is 0.0573. The highest BCUT2D eigenvalue weighted by Gasteiger charge is 2.27. The smallest absolute Gasteiger partial charge is 0.161 e. The number of nitrogens with zero attached hydrogens (tertiary/aromatic N) is 2. The van der Waals surface area contributed by atoms with Crippen molar-refractivity contribution in [2.24, 2.45) is 7.05 Å². The van der Waals surface area contributed by atoms with Crippen molar-refractivity contribution in [2.75, 3.05) is 20.8 Å². The third-order valence-electron chi connectivity index (χ3n) is 3.33. The Hall–Kier alpha value is -1.07. The molecule has 0 bridgehead atoms. The number of rotatable bonds is 9. The van der Waals surface area contributed by atoms with Gasteiger partial charge in [0, 0.05) is 14.2 Å². The van der Waals surface area contributed by atoms with Crippen molar-refractivity contribution >= 4 is 0 Å². The van der Waals surface area contributed by atoms with Crippen molar-refractivity contribution in [1.29, 1.82) is 0 Å². The minimum atomic E-state index is 0.104. The van der Waals surface area contributed by atoms with E-state index in [0.717, 1.165) is 37.3 Å². The first kappa shape index (κ1) is 16.0. The van der Waals surface area contributed by atoms with Crippen LogP contribution >= 0.6 is 0 Å². The maximum absolute atomic E-state index is 5.67. The predicted octanol–water partition coefficient (Wildman–Crippen LogP) is 2.28. The summed E-state index contributed by atoms with van der Waals surface area (Å²) in [6.07, 6.45) is 5.06. The van der Waals surface area contributed by atoms with Gasteiger partial charge in [-0.15, -0.1) is 0 Å². The van der Waals surface area contributed by atoms with Crippen LogP contribution in [-0.4, -0.2) is 36.6 Å². The van der Waals surface area contributed by atoms with Crippen LogP contribution in [0.15, 0.2) is 6.20 Å². The van der Waals surface area contributed by atoms with Crippen molar-refractivity contribution in [2.45, 2.75) is 45.3 Å². The molecule has 19 heavy (non-hydrogen) atoms. The molecule has 110 valence electrons. The van der Waals surface area contributed by atoms with Gasteiger partial charge in [-0.3, -0.25) is 4.68 Å². The lowest BCUT2D eigenvalue weighted by Gasteiger charge is -2.27. The van der Waals surface area contributed by atoms with E-state index in [4.69, 9.17) is 9.47 Å². The number of hydrogen-bond donors (Lipinski definition) is 1. The van der Waals surface area contributed by atoms with E-state index in [1.807, 2.05) is 11.7 Å². The molecule has 5 nitrogen and oxygen atoms in total. The van der Waals surface area contributed by atoms with Gasteiger partial charge in [0.05, 0.1) is 31.1 Å². The van der Waals surface area contributed by atoms with Gasteiger partial charge in [-0.1, -0.05) is 20.3 Å². The summed E-state index contributed by atoms with van der Waals surface area (Å²) >= 11 is 0. The van der Waals surface area contributed by atoms with Gasteiger partial charge < -0.3 is 14.8 Å². The number of aryl methyl sites for hydroxylation is 1. The molecule has 0 aromatic carbocycles. The van der Waals surface area contributed by atoms with Crippen LogP contribution in [-0.2, 0) is 11.8 Å². The zero-order valence-electron chi connectivity index (χ0n) is 12.8. The van der Waals surface area contributed by atoms with Gasteiger partial charge in [0.15, 0.2) is 5.75 Å². The summed E-state index contributed by atoms with van der Waals surface area (Å²) in [6, 6.07) is 0.104. The first-order valence-corrected chi connectivity index (χ1v) is 7.01. The summed E-state index contributed by atoms with van der Waals surface area (Å²) in [7, 11) is 5.39. The number of nitrogens with one attached hydrogen (secondary N) is 1. The van der Waals surface area contributed by atoms with Crippen LogP contribution in [0, 0.1) is 0 Å². The van der Waals surface area contributed by atoms with E-state index in [0.29, 0.717) is 0 Å². The molecular weight excluding hydrogens is 242 g/mol. The Morgan fingerprint density at radius 3 is 2.58 bits per heavy atom. The van der Waals surface area contributed by atoms with Crippen LogP contribution in [0.5, 0.6) is 5.75 Å². The topological polar surface area (TPSA) is 48.3 Å². The second-order valence-corrected chi connectivity index (χ2v) is 4.72. The van der Waals surface area contributed by atoms with Gasteiger partial charge >= 0.3 is 0 Å². The van der Waals surface area contributed by atoms with Gasteiger partial charge in [0.1, 0.15) is 0 Å². The Labute approximate surface area is 116 Å². The second kappa shape index (κ2) is 8.17. The Morgan fingerprint density at radius 1 is 1.32 bits per heavy atom. The molecule has 0 spiro atoms. The highest BCUT2D eigenvalue weighted by atomic mass is 16.5. The third kappa shape index (κ3) is 3.94. The Kier molecular flexibility index (Phi) is 6.87. The summed E-state index contributed by atoms with van der Waals surface area (Å²) in [5.41, 5.74) is 1.05. The Balaban J connectivity index is 3.03. The molecule has 0 saturated heterocycles. The van der Waals surface area contributed by atoms with Crippen molar-refractivity contribution < 1.29 is 9.47 Å². The fourth-order valence-corrected chi connectivity index (χ4v) is 2.35. The normalized spacial score (nSPS) is 14.4. The SMILES string of the molecule is CCCNC(c1c(OC)cnn1C)C(CCC)OC. The summed E-state index contributed by atoms with van der Waals surface area (Å²) < 4.78 is 13.0. The van der Waals surface area contributed by atoms with E-state index < -0.39 is 0 Å². The first-order valence-electron chi connectivity index (χ1n) is 7.01. The molecule has 2 unspecified atom stereocenters. The molecular formula is C14H27N3O2. The van der Waals surface area contributed by atoms with E-state index in [-0.39, 0.29) is 12.1 Å². The van der Waals surface area contributed by atoms with Crippen molar-refractivity contribution in [3.05, 3.63) is 11.9 Å². The molecule has 0 aliphatic carbocycles. The van der Waals surface area contributed by atoms with Crippen LogP contribution in [0.25, 0.3) is 0 Å². The number of aromatic nitrogens is 2. The van der Waals surface area contributed by atoms with Gasteiger partial charge in [0.2, 0.25) is 0 Å². The molecule has 5 heteroatoms. The Bertz CT molecular complexity index is 366. The molecule has 0 saturated carbocycles. The third-order valence-corrected chi connectivity index (χ3v) is 3.33. The number of ether oxygens (including phenoxy) is 2. The largest absolute Gasteiger partial charge is 0.493 e. The van der Waals surface area contributed by atoms with Crippen LogP contribution in [0.1, 0.15) is 44.8 Å². The lowest BCUT2D eigenvalue weighted by atomic mass is 10.0. The maximum Gasteiger partial charge on any atom is 0.161 e. The summed E-state index contributed by atoms with van der Waals surface area (Å²) in [6.45, 7) is 5.28. The van der Waals surface area contributed by atoms with Gasteiger partial charge in [-0.05, 0) is 19.4 Å². The van der Waals surface area contributed by atoms with Crippen LogP contribution in [0.2, 0.25) is 0 Å². The molecule has 1 N–H and O–H groups in total. The molecule has 0 amide bonds. The van der Waals surface area contributed by atoms with E-state index in [2.05, 4.69) is 24.3 Å². The standard InChI is InChI=1S/C14H27N3O2/c1-6-8-11(18-4)13(15-9-7-2)14-12(19-5)10-16-17(14)3/h10-11,13,15H,6-9H2,1-5H3. The van der Waals surface area contributed by atoms with Crippen molar-refractivity contribution in [3.63, 3.8) is 0 Å². The van der Waals surface area contributed by atoms with Crippen molar-refractivity contribution in [3.8, 4) is 5.75 Å². The molecule has 1 aromatic rings. The fourth-order valence-electron chi connectivity index (χ4n) is 2.35. The van der Waals surface area contributed by atoms with Crippen LogP contribution < -0.4 is 10.1 Å². The second-order valence-electron chi connectivity index (χ2n) is 4.72. The van der Waals surface area contributed by atoms with Gasteiger partial charge in [-0.25, -0.2) is 0 Å². The number of hydrogen-bond acceptors (Lipinski definition) is 4. The van der Waals surface area contributed by atoms with Gasteiger partial charge in [0.25, 0.3) is 0 Å². The molecule has 0 aliphatic rings. The molecule has 2 atom stereocenters. The fraction of sp³-hybridized carbons (Fsp3) is 0.786. The molecule has 0 aliphatic heterocycles. The first-order chi connectivity index (χ1) is 9.19. The molecule has 1 aromatic heterocycles. The summed E-state index contributed by atoms with van der Waals surface area (Å²) in [5.74, 6) is 0.814. The number of methoxy groups -OCH3 is 2. The summed E-state index contributed by atoms with van der Waals surface area (Å²) in [5, 5.41) is 7.85. The Morgan fingerprint density at radius 2 is 2.05 bits per heavy atom. The van der Waals surface area contributed by atoms with E-state index >= 15 is 0 Å². The maximum atomic E-state index is 5.67.